The average molecular weight is 291 g/mol. The van der Waals surface area contributed by atoms with Gasteiger partial charge in [-0.15, -0.1) is 0 Å². The summed E-state index contributed by atoms with van der Waals surface area (Å²) in [6.45, 7) is 3.23. The first-order chi connectivity index (χ1) is 10.3. The van der Waals surface area contributed by atoms with Crippen molar-refractivity contribution in [3.8, 4) is 0 Å². The Morgan fingerprint density at radius 3 is 2.90 bits per heavy atom. The van der Waals surface area contributed by atoms with E-state index < -0.39 is 0 Å². The van der Waals surface area contributed by atoms with Crippen molar-refractivity contribution in [1.82, 2.24) is 10.1 Å². The lowest BCUT2D eigenvalue weighted by molar-refractivity contribution is -0.0809. The van der Waals surface area contributed by atoms with Crippen molar-refractivity contribution in [3.63, 3.8) is 0 Å². The minimum absolute atomic E-state index is 0.0622. The lowest BCUT2D eigenvalue weighted by atomic mass is 9.76. The lowest BCUT2D eigenvalue weighted by Gasteiger charge is -2.51. The van der Waals surface area contributed by atoms with E-state index in [-0.39, 0.29) is 11.4 Å². The number of hydrogen-bond acceptors (Lipinski definition) is 4. The van der Waals surface area contributed by atoms with Crippen LogP contribution in [0.1, 0.15) is 37.0 Å². The van der Waals surface area contributed by atoms with Crippen LogP contribution >= 0.6 is 0 Å². The highest BCUT2D eigenvalue weighted by Crippen LogP contribution is 2.38. The molecule has 0 bridgehead atoms. The fourth-order valence-electron chi connectivity index (χ4n) is 3.73. The van der Waals surface area contributed by atoms with Crippen molar-refractivity contribution in [2.75, 3.05) is 31.6 Å². The van der Waals surface area contributed by atoms with Gasteiger partial charge in [0.2, 0.25) is 0 Å². The van der Waals surface area contributed by atoms with Gasteiger partial charge in [-0.25, -0.2) is 4.79 Å². The maximum atomic E-state index is 12.3. The summed E-state index contributed by atoms with van der Waals surface area (Å²) in [5.41, 5.74) is 1.30. The van der Waals surface area contributed by atoms with Crippen LogP contribution in [0.4, 0.5) is 10.6 Å². The largest absolute Gasteiger partial charge is 0.381 e. The molecule has 2 amide bonds. The van der Waals surface area contributed by atoms with E-state index in [1.807, 2.05) is 4.90 Å². The molecule has 4 rings (SSSR count). The van der Waals surface area contributed by atoms with Crippen LogP contribution in [0, 0.1) is 5.41 Å². The second-order valence-electron chi connectivity index (χ2n) is 6.58. The summed E-state index contributed by atoms with van der Waals surface area (Å²) >= 11 is 0. The number of nitrogens with one attached hydrogen (secondary N) is 1. The molecule has 3 heterocycles. The van der Waals surface area contributed by atoms with Crippen molar-refractivity contribution in [3.05, 3.63) is 11.3 Å². The standard InChI is InChI=1S/C15H21N3O3/c19-14(18-8-15(9-18)6-3-7-20-10-15)16-13-11-4-1-2-5-12(11)21-17-13/h1-10H2,(H,16,17,19). The first kappa shape index (κ1) is 13.1. The summed E-state index contributed by atoms with van der Waals surface area (Å²) in [6.07, 6.45) is 6.43. The molecule has 1 aromatic heterocycles. The van der Waals surface area contributed by atoms with Gasteiger partial charge < -0.3 is 14.2 Å². The molecular formula is C15H21N3O3. The molecule has 0 atom stereocenters. The number of anilines is 1. The molecule has 1 N–H and O–H groups in total. The third-order valence-corrected chi connectivity index (χ3v) is 4.92. The fourth-order valence-corrected chi connectivity index (χ4v) is 3.73. The molecular weight excluding hydrogens is 270 g/mol. The molecule has 114 valence electrons. The fraction of sp³-hybridized carbons (Fsp3) is 0.733. The molecule has 2 saturated heterocycles. The van der Waals surface area contributed by atoms with Gasteiger partial charge in [0, 0.05) is 37.1 Å². The molecule has 1 aliphatic carbocycles. The van der Waals surface area contributed by atoms with E-state index in [1.165, 1.54) is 0 Å². The zero-order valence-corrected chi connectivity index (χ0v) is 12.2. The van der Waals surface area contributed by atoms with Crippen molar-refractivity contribution in [1.29, 1.82) is 0 Å². The van der Waals surface area contributed by atoms with Crippen LogP contribution in [0.25, 0.3) is 0 Å². The van der Waals surface area contributed by atoms with Gasteiger partial charge in [-0.2, -0.15) is 0 Å². The molecule has 3 aliphatic rings. The van der Waals surface area contributed by atoms with E-state index in [2.05, 4.69) is 10.5 Å². The van der Waals surface area contributed by atoms with Gasteiger partial charge in [-0.05, 0) is 32.1 Å². The molecule has 6 nitrogen and oxygen atoms in total. The highest BCUT2D eigenvalue weighted by Gasteiger charge is 2.46. The summed E-state index contributed by atoms with van der Waals surface area (Å²) < 4.78 is 10.9. The molecule has 0 aromatic carbocycles. The van der Waals surface area contributed by atoms with E-state index in [1.54, 1.807) is 0 Å². The Labute approximate surface area is 123 Å². The topological polar surface area (TPSA) is 67.6 Å². The van der Waals surface area contributed by atoms with Crippen LogP contribution < -0.4 is 5.32 Å². The average Bonchev–Trinajstić information content (AvgIpc) is 2.89. The first-order valence-corrected chi connectivity index (χ1v) is 7.87. The minimum atomic E-state index is -0.0622. The maximum Gasteiger partial charge on any atom is 0.323 e. The number of urea groups is 1. The maximum absolute atomic E-state index is 12.3. The number of carbonyl (C=O) groups is 1. The van der Waals surface area contributed by atoms with Gasteiger partial charge in [0.1, 0.15) is 5.76 Å². The summed E-state index contributed by atoms with van der Waals surface area (Å²) in [5, 5.41) is 6.94. The first-order valence-electron chi connectivity index (χ1n) is 7.87. The number of aryl methyl sites for hydroxylation is 1. The van der Waals surface area contributed by atoms with Gasteiger partial charge >= 0.3 is 6.03 Å². The van der Waals surface area contributed by atoms with Gasteiger partial charge in [0.15, 0.2) is 5.82 Å². The number of hydrogen-bond donors (Lipinski definition) is 1. The van der Waals surface area contributed by atoms with Gasteiger partial charge in [-0.1, -0.05) is 5.16 Å². The number of rotatable bonds is 1. The Morgan fingerprint density at radius 1 is 1.24 bits per heavy atom. The predicted molar refractivity (Wildman–Crippen MR) is 76.2 cm³/mol. The minimum Gasteiger partial charge on any atom is -0.381 e. The van der Waals surface area contributed by atoms with Gasteiger partial charge in [0.25, 0.3) is 0 Å². The third kappa shape index (κ3) is 2.31. The second kappa shape index (κ2) is 5.02. The highest BCUT2D eigenvalue weighted by atomic mass is 16.5. The summed E-state index contributed by atoms with van der Waals surface area (Å²) in [4.78, 5) is 14.1. The quantitative estimate of drug-likeness (QED) is 0.861. The van der Waals surface area contributed by atoms with Gasteiger partial charge in [-0.3, -0.25) is 5.32 Å². The summed E-state index contributed by atoms with van der Waals surface area (Å²) in [5.74, 6) is 1.56. The van der Waals surface area contributed by atoms with E-state index in [9.17, 15) is 4.79 Å². The Kier molecular flexibility index (Phi) is 3.14. The van der Waals surface area contributed by atoms with Crippen LogP contribution in [-0.2, 0) is 17.6 Å². The van der Waals surface area contributed by atoms with Crippen LogP contribution in [0.3, 0.4) is 0 Å². The smallest absolute Gasteiger partial charge is 0.323 e. The zero-order valence-electron chi connectivity index (χ0n) is 12.2. The molecule has 1 aromatic rings. The zero-order chi connectivity index (χ0) is 14.3. The summed E-state index contributed by atoms with van der Waals surface area (Å²) in [6, 6.07) is -0.0622. The lowest BCUT2D eigenvalue weighted by Crippen LogP contribution is -2.62. The molecule has 1 spiro atoms. The van der Waals surface area contributed by atoms with Crippen molar-refractivity contribution in [2.45, 2.75) is 38.5 Å². The van der Waals surface area contributed by atoms with Crippen LogP contribution in [0.15, 0.2) is 4.52 Å². The molecule has 0 radical (unpaired) electrons. The molecule has 6 heteroatoms. The molecule has 21 heavy (non-hydrogen) atoms. The van der Waals surface area contributed by atoms with Crippen molar-refractivity contribution >= 4 is 11.8 Å². The molecule has 0 saturated carbocycles. The predicted octanol–water partition coefficient (Wildman–Crippen LogP) is 2.20. The van der Waals surface area contributed by atoms with E-state index in [0.717, 1.165) is 76.2 Å². The molecule has 0 unspecified atom stereocenters. The monoisotopic (exact) mass is 291 g/mol. The number of carbonyl (C=O) groups excluding carboxylic acids is 1. The Morgan fingerprint density at radius 2 is 2.10 bits per heavy atom. The second-order valence-corrected chi connectivity index (χ2v) is 6.58. The number of aromatic nitrogens is 1. The van der Waals surface area contributed by atoms with Crippen LogP contribution in [-0.4, -0.2) is 42.4 Å². The molecule has 2 fully saturated rings. The normalized spacial score (nSPS) is 23.5. The number of ether oxygens (including phenoxy) is 1. The Bertz CT molecular complexity index is 540. The highest BCUT2D eigenvalue weighted by molar-refractivity contribution is 5.89. The van der Waals surface area contributed by atoms with E-state index >= 15 is 0 Å². The number of nitrogens with zero attached hydrogens (tertiary/aromatic N) is 2. The molecule has 2 aliphatic heterocycles. The SMILES string of the molecule is O=C(Nc1noc2c1CCCC2)N1CC2(CCCOC2)C1. The van der Waals surface area contributed by atoms with Crippen LogP contribution in [0.2, 0.25) is 0 Å². The van der Waals surface area contributed by atoms with Crippen LogP contribution in [0.5, 0.6) is 0 Å². The van der Waals surface area contributed by atoms with E-state index in [4.69, 9.17) is 9.26 Å². The van der Waals surface area contributed by atoms with E-state index in [0.29, 0.717) is 5.82 Å². The number of fused-ring (bicyclic) bond motifs is 1. The number of likely N-dealkylation sites (tertiary alicyclic amines) is 1. The number of amides is 2. The third-order valence-electron chi connectivity index (χ3n) is 4.92. The Hall–Kier alpha value is -1.56. The Balaban J connectivity index is 1.38. The summed E-state index contributed by atoms with van der Waals surface area (Å²) in [7, 11) is 0. The van der Waals surface area contributed by atoms with Gasteiger partial charge in [0.05, 0.1) is 6.61 Å². The van der Waals surface area contributed by atoms with Crippen molar-refractivity contribution in [2.24, 2.45) is 5.41 Å². The van der Waals surface area contributed by atoms with Crippen molar-refractivity contribution < 1.29 is 14.1 Å².